The molecule has 0 radical (unpaired) electrons. The number of amides is 2. The van der Waals surface area contributed by atoms with E-state index in [1.165, 1.54) is 11.1 Å². The molecule has 3 aliphatic rings. The summed E-state index contributed by atoms with van der Waals surface area (Å²) in [5.41, 5.74) is 4.69. The first-order valence-electron chi connectivity index (χ1n) is 12.6. The number of carbonyl (C=O) groups is 3. The van der Waals surface area contributed by atoms with Gasteiger partial charge in [-0.3, -0.25) is 9.59 Å². The highest BCUT2D eigenvalue weighted by Gasteiger charge is 2.37. The molecule has 2 aromatic carbocycles. The molecular formula is C28H32N2O5. The van der Waals surface area contributed by atoms with Crippen molar-refractivity contribution >= 4 is 18.0 Å². The summed E-state index contributed by atoms with van der Waals surface area (Å²) >= 11 is 0. The van der Waals surface area contributed by atoms with Crippen LogP contribution in [0.15, 0.2) is 48.5 Å². The number of alkyl carbamates (subject to hydrolysis) is 1. The fraction of sp³-hybridized carbons (Fsp3) is 0.464. The number of carboxylic acids is 1. The van der Waals surface area contributed by atoms with E-state index in [2.05, 4.69) is 34.9 Å². The van der Waals surface area contributed by atoms with E-state index in [-0.39, 0.29) is 48.8 Å². The molecule has 3 aliphatic carbocycles. The van der Waals surface area contributed by atoms with Gasteiger partial charge in [-0.05, 0) is 60.3 Å². The minimum absolute atomic E-state index is 0.00283. The van der Waals surface area contributed by atoms with Gasteiger partial charge >= 0.3 is 12.1 Å². The minimum atomic E-state index is -0.787. The maximum absolute atomic E-state index is 12.9. The molecule has 5 rings (SSSR count). The van der Waals surface area contributed by atoms with Gasteiger partial charge in [-0.25, -0.2) is 4.79 Å². The predicted molar refractivity (Wildman–Crippen MR) is 131 cm³/mol. The quantitative estimate of drug-likeness (QED) is 0.548. The lowest BCUT2D eigenvalue weighted by molar-refractivity contribution is -0.138. The van der Waals surface area contributed by atoms with Crippen molar-refractivity contribution in [2.75, 3.05) is 6.61 Å². The molecule has 184 valence electrons. The second-order valence-electron chi connectivity index (χ2n) is 10.1. The van der Waals surface area contributed by atoms with Crippen LogP contribution in [0.2, 0.25) is 0 Å². The summed E-state index contributed by atoms with van der Waals surface area (Å²) in [4.78, 5) is 36.6. The van der Waals surface area contributed by atoms with E-state index < -0.39 is 12.1 Å². The van der Waals surface area contributed by atoms with Gasteiger partial charge in [-0.15, -0.1) is 0 Å². The van der Waals surface area contributed by atoms with Crippen LogP contribution in [-0.2, 0) is 14.3 Å². The highest BCUT2D eigenvalue weighted by Crippen LogP contribution is 2.44. The van der Waals surface area contributed by atoms with Crippen LogP contribution in [0.5, 0.6) is 0 Å². The van der Waals surface area contributed by atoms with Gasteiger partial charge in [0.05, 0.1) is 5.92 Å². The zero-order chi connectivity index (χ0) is 24.4. The number of rotatable bonds is 7. The molecule has 4 atom stereocenters. The maximum atomic E-state index is 12.9. The summed E-state index contributed by atoms with van der Waals surface area (Å²) in [6.07, 6.45) is 4.35. The lowest BCUT2D eigenvalue weighted by Crippen LogP contribution is -2.46. The van der Waals surface area contributed by atoms with Gasteiger partial charge < -0.3 is 20.5 Å². The van der Waals surface area contributed by atoms with Crippen molar-refractivity contribution in [3.05, 3.63) is 59.7 Å². The Morgan fingerprint density at radius 3 is 2.26 bits per heavy atom. The molecule has 0 aliphatic heterocycles. The van der Waals surface area contributed by atoms with Crippen molar-refractivity contribution in [3.63, 3.8) is 0 Å². The predicted octanol–water partition coefficient (Wildman–Crippen LogP) is 4.45. The molecule has 2 fully saturated rings. The van der Waals surface area contributed by atoms with Crippen LogP contribution in [0.25, 0.3) is 11.1 Å². The Morgan fingerprint density at radius 1 is 0.886 bits per heavy atom. The average Bonchev–Trinajstić information content (AvgIpc) is 3.55. The molecule has 2 saturated carbocycles. The zero-order valence-electron chi connectivity index (χ0n) is 19.7. The third kappa shape index (κ3) is 5.04. The van der Waals surface area contributed by atoms with E-state index >= 15 is 0 Å². The Balaban J connectivity index is 1.15. The van der Waals surface area contributed by atoms with Crippen molar-refractivity contribution in [2.45, 2.75) is 62.9 Å². The number of aliphatic carboxylic acids is 1. The molecule has 4 unspecified atom stereocenters. The molecule has 0 bridgehead atoms. The van der Waals surface area contributed by atoms with Gasteiger partial charge in [0.2, 0.25) is 5.91 Å². The maximum Gasteiger partial charge on any atom is 0.407 e. The van der Waals surface area contributed by atoms with Crippen molar-refractivity contribution in [1.29, 1.82) is 0 Å². The van der Waals surface area contributed by atoms with Crippen molar-refractivity contribution in [3.8, 4) is 11.1 Å². The van der Waals surface area contributed by atoms with Crippen molar-refractivity contribution in [2.24, 2.45) is 11.8 Å². The van der Waals surface area contributed by atoms with E-state index in [1.807, 2.05) is 24.3 Å². The standard InChI is InChI=1S/C28H32N2O5/c31-26(32)15-17-12-13-18(14-17)29-27(33)23-10-5-11-25(23)30-28(34)35-16-24-21-8-3-1-6-19(21)20-7-2-4-9-22(20)24/h1-4,6-9,17-18,23-25H,5,10-16H2,(H,29,33)(H,30,34)(H,31,32). The normalized spacial score (nSPS) is 25.0. The molecule has 0 saturated heterocycles. The number of hydrogen-bond donors (Lipinski definition) is 3. The number of fused-ring (bicyclic) bond motifs is 3. The van der Waals surface area contributed by atoms with E-state index in [4.69, 9.17) is 9.84 Å². The third-order valence-electron chi connectivity index (χ3n) is 7.85. The summed E-state index contributed by atoms with van der Waals surface area (Å²) in [5.74, 6) is -1.00. The molecule has 0 aromatic heterocycles. The molecule has 0 spiro atoms. The van der Waals surface area contributed by atoms with Crippen LogP contribution in [0.4, 0.5) is 4.79 Å². The van der Waals surface area contributed by atoms with Gasteiger partial charge in [0, 0.05) is 24.4 Å². The number of benzene rings is 2. The Bertz CT molecular complexity index is 1070. The summed E-state index contributed by atoms with van der Waals surface area (Å²) in [5, 5.41) is 15.0. The number of hydrogen-bond acceptors (Lipinski definition) is 4. The molecule has 3 N–H and O–H groups in total. The van der Waals surface area contributed by atoms with E-state index in [9.17, 15) is 14.4 Å². The first-order chi connectivity index (χ1) is 17.0. The number of nitrogens with one attached hydrogen (secondary N) is 2. The molecule has 2 amide bonds. The Labute approximate surface area is 205 Å². The lowest BCUT2D eigenvalue weighted by atomic mass is 9.98. The van der Waals surface area contributed by atoms with Gasteiger partial charge in [0.15, 0.2) is 0 Å². The highest BCUT2D eigenvalue weighted by molar-refractivity contribution is 5.81. The Hall–Kier alpha value is -3.35. The largest absolute Gasteiger partial charge is 0.481 e. The van der Waals surface area contributed by atoms with Crippen LogP contribution in [0, 0.1) is 11.8 Å². The summed E-state index contributed by atoms with van der Waals surface area (Å²) in [6, 6.07) is 16.2. The van der Waals surface area contributed by atoms with E-state index in [0.717, 1.165) is 43.2 Å². The first-order valence-corrected chi connectivity index (χ1v) is 12.6. The topological polar surface area (TPSA) is 105 Å². The number of ether oxygens (including phenoxy) is 1. The summed E-state index contributed by atoms with van der Waals surface area (Å²) in [6.45, 7) is 0.247. The molecule has 2 aromatic rings. The second kappa shape index (κ2) is 10.1. The monoisotopic (exact) mass is 476 g/mol. The number of carbonyl (C=O) groups excluding carboxylic acids is 2. The summed E-state index contributed by atoms with van der Waals surface area (Å²) < 4.78 is 5.68. The van der Waals surface area contributed by atoms with Gasteiger partial charge in [0.25, 0.3) is 0 Å². The average molecular weight is 477 g/mol. The van der Waals surface area contributed by atoms with Crippen LogP contribution in [-0.4, -0.2) is 41.8 Å². The zero-order valence-corrected chi connectivity index (χ0v) is 19.7. The van der Waals surface area contributed by atoms with Crippen LogP contribution < -0.4 is 10.6 Å². The molecule has 7 heteroatoms. The smallest absolute Gasteiger partial charge is 0.407 e. The van der Waals surface area contributed by atoms with E-state index in [1.54, 1.807) is 0 Å². The Kier molecular flexibility index (Phi) is 6.75. The van der Waals surface area contributed by atoms with Crippen LogP contribution in [0.3, 0.4) is 0 Å². The van der Waals surface area contributed by atoms with E-state index in [0.29, 0.717) is 6.42 Å². The van der Waals surface area contributed by atoms with Crippen molar-refractivity contribution in [1.82, 2.24) is 10.6 Å². The first kappa shape index (κ1) is 23.4. The molecule has 7 nitrogen and oxygen atoms in total. The minimum Gasteiger partial charge on any atom is -0.481 e. The van der Waals surface area contributed by atoms with Crippen LogP contribution in [0.1, 0.15) is 62.0 Å². The number of carboxylic acid groups (broad SMARTS) is 1. The Morgan fingerprint density at radius 2 is 1.57 bits per heavy atom. The molecule has 35 heavy (non-hydrogen) atoms. The van der Waals surface area contributed by atoms with Crippen LogP contribution >= 0.6 is 0 Å². The van der Waals surface area contributed by atoms with Gasteiger partial charge in [-0.2, -0.15) is 0 Å². The third-order valence-corrected chi connectivity index (χ3v) is 7.85. The molecular weight excluding hydrogens is 444 g/mol. The lowest BCUT2D eigenvalue weighted by Gasteiger charge is -2.23. The SMILES string of the molecule is O=C(O)CC1CCC(NC(=O)C2CCCC2NC(=O)OCC2c3ccccc3-c3ccccc32)C1. The fourth-order valence-corrected chi connectivity index (χ4v) is 6.18. The molecule has 0 heterocycles. The van der Waals surface area contributed by atoms with Crippen molar-refractivity contribution < 1.29 is 24.2 Å². The van der Waals surface area contributed by atoms with Gasteiger partial charge in [-0.1, -0.05) is 55.0 Å². The highest BCUT2D eigenvalue weighted by atomic mass is 16.5. The second-order valence-corrected chi connectivity index (χ2v) is 10.1. The summed E-state index contributed by atoms with van der Waals surface area (Å²) in [7, 11) is 0. The van der Waals surface area contributed by atoms with Gasteiger partial charge in [0.1, 0.15) is 6.61 Å². The fourth-order valence-electron chi connectivity index (χ4n) is 6.18.